The van der Waals surface area contributed by atoms with Crippen molar-refractivity contribution >= 4 is 31.8 Å². The van der Waals surface area contributed by atoms with Crippen LogP contribution in [0.25, 0.3) is 0 Å². The standard InChI is InChI=1S/C11H18BrN3O3S/c1-4-18-6-5-15(3)19(16,17)10-7-9(12)8-14-11(10)13-2/h7-8H,4-6H2,1-3H3,(H,13,14). The molecule has 0 aliphatic heterocycles. The van der Waals surface area contributed by atoms with Gasteiger partial charge in [0.25, 0.3) is 0 Å². The summed E-state index contributed by atoms with van der Waals surface area (Å²) < 4.78 is 31.9. The zero-order valence-corrected chi connectivity index (χ0v) is 13.6. The van der Waals surface area contributed by atoms with Crippen LogP contribution < -0.4 is 5.32 Å². The minimum absolute atomic E-state index is 0.142. The number of aromatic nitrogens is 1. The predicted octanol–water partition coefficient (Wildman–Crippen LogP) is 1.54. The van der Waals surface area contributed by atoms with Crippen LogP contribution in [-0.2, 0) is 14.8 Å². The molecule has 0 unspecified atom stereocenters. The Kier molecular flexibility index (Phi) is 6.18. The van der Waals surface area contributed by atoms with Crippen molar-refractivity contribution in [3.05, 3.63) is 16.7 Å². The molecule has 6 nitrogen and oxygen atoms in total. The molecular weight excluding hydrogens is 334 g/mol. The molecule has 0 aliphatic rings. The summed E-state index contributed by atoms with van der Waals surface area (Å²) in [4.78, 5) is 4.19. The maximum Gasteiger partial charge on any atom is 0.246 e. The number of halogens is 1. The first kappa shape index (κ1) is 16.4. The second-order valence-electron chi connectivity index (χ2n) is 3.77. The number of rotatable bonds is 7. The molecule has 108 valence electrons. The largest absolute Gasteiger partial charge is 0.380 e. The third-order valence-corrected chi connectivity index (χ3v) is 4.80. The van der Waals surface area contributed by atoms with E-state index in [1.807, 2.05) is 6.92 Å². The zero-order chi connectivity index (χ0) is 14.5. The maximum absolute atomic E-state index is 12.4. The van der Waals surface area contributed by atoms with Crippen LogP contribution in [0.3, 0.4) is 0 Å². The van der Waals surface area contributed by atoms with Crippen molar-refractivity contribution in [2.24, 2.45) is 0 Å². The van der Waals surface area contributed by atoms with E-state index >= 15 is 0 Å². The second-order valence-corrected chi connectivity index (χ2v) is 6.70. The Morgan fingerprint density at radius 3 is 2.79 bits per heavy atom. The summed E-state index contributed by atoms with van der Waals surface area (Å²) in [6.07, 6.45) is 1.55. The first-order valence-electron chi connectivity index (χ1n) is 5.80. The Bertz CT molecular complexity index is 522. The number of nitrogens with zero attached hydrogens (tertiary/aromatic N) is 2. The molecule has 0 amide bonds. The van der Waals surface area contributed by atoms with Gasteiger partial charge in [-0.15, -0.1) is 0 Å². The molecule has 1 aromatic rings. The molecule has 0 saturated carbocycles. The van der Waals surface area contributed by atoms with E-state index in [0.717, 1.165) is 0 Å². The van der Waals surface area contributed by atoms with Gasteiger partial charge in [-0.1, -0.05) is 0 Å². The normalized spacial score (nSPS) is 11.8. The Morgan fingerprint density at radius 1 is 1.53 bits per heavy atom. The van der Waals surface area contributed by atoms with Crippen molar-refractivity contribution in [2.75, 3.05) is 39.2 Å². The van der Waals surface area contributed by atoms with Crippen molar-refractivity contribution in [1.29, 1.82) is 0 Å². The van der Waals surface area contributed by atoms with Crippen molar-refractivity contribution < 1.29 is 13.2 Å². The second kappa shape index (κ2) is 7.18. The smallest absolute Gasteiger partial charge is 0.246 e. The number of hydrogen-bond acceptors (Lipinski definition) is 5. The molecule has 8 heteroatoms. The number of hydrogen-bond donors (Lipinski definition) is 1. The summed E-state index contributed by atoms with van der Waals surface area (Å²) in [7, 11) is -0.429. The van der Waals surface area contributed by atoms with Gasteiger partial charge in [0.2, 0.25) is 10.0 Å². The first-order valence-corrected chi connectivity index (χ1v) is 8.04. The van der Waals surface area contributed by atoms with Crippen LogP contribution >= 0.6 is 15.9 Å². The number of ether oxygens (including phenoxy) is 1. The highest BCUT2D eigenvalue weighted by molar-refractivity contribution is 9.10. The molecule has 1 heterocycles. The van der Waals surface area contributed by atoms with Gasteiger partial charge in [0.15, 0.2) is 0 Å². The lowest BCUT2D eigenvalue weighted by Gasteiger charge is -2.18. The lowest BCUT2D eigenvalue weighted by atomic mass is 10.4. The van der Waals surface area contributed by atoms with E-state index in [1.165, 1.54) is 17.4 Å². The van der Waals surface area contributed by atoms with Gasteiger partial charge in [-0.3, -0.25) is 0 Å². The zero-order valence-electron chi connectivity index (χ0n) is 11.2. The monoisotopic (exact) mass is 351 g/mol. The van der Waals surface area contributed by atoms with E-state index in [9.17, 15) is 8.42 Å². The first-order chi connectivity index (χ1) is 8.93. The molecule has 0 aliphatic carbocycles. The summed E-state index contributed by atoms with van der Waals surface area (Å²) in [5, 5.41) is 2.78. The average Bonchev–Trinajstić information content (AvgIpc) is 2.38. The SMILES string of the molecule is CCOCCN(C)S(=O)(=O)c1cc(Br)cnc1NC. The summed E-state index contributed by atoms with van der Waals surface area (Å²) in [5.41, 5.74) is 0. The molecule has 1 N–H and O–H groups in total. The lowest BCUT2D eigenvalue weighted by molar-refractivity contribution is 0.138. The van der Waals surface area contributed by atoms with E-state index in [2.05, 4.69) is 26.2 Å². The summed E-state index contributed by atoms with van der Waals surface area (Å²) in [6.45, 7) is 3.09. The Labute approximate surface area is 122 Å². The van der Waals surface area contributed by atoms with Gasteiger partial charge in [0.1, 0.15) is 10.7 Å². The van der Waals surface area contributed by atoms with Gasteiger partial charge in [-0.25, -0.2) is 13.4 Å². The van der Waals surface area contributed by atoms with Crippen molar-refractivity contribution in [1.82, 2.24) is 9.29 Å². The fourth-order valence-corrected chi connectivity index (χ4v) is 3.24. The summed E-state index contributed by atoms with van der Waals surface area (Å²) in [5.74, 6) is 0.325. The fraction of sp³-hybridized carbons (Fsp3) is 0.545. The summed E-state index contributed by atoms with van der Waals surface area (Å²) in [6, 6.07) is 1.53. The molecule has 0 spiro atoms. The van der Waals surface area contributed by atoms with Gasteiger partial charge in [-0.2, -0.15) is 4.31 Å². The van der Waals surface area contributed by atoms with Crippen molar-refractivity contribution in [3.8, 4) is 0 Å². The lowest BCUT2D eigenvalue weighted by Crippen LogP contribution is -2.31. The van der Waals surface area contributed by atoms with Crippen LogP contribution in [-0.4, -0.2) is 51.6 Å². The predicted molar refractivity (Wildman–Crippen MR) is 77.8 cm³/mol. The molecule has 0 atom stereocenters. The maximum atomic E-state index is 12.4. The summed E-state index contributed by atoms with van der Waals surface area (Å²) >= 11 is 3.23. The average molecular weight is 352 g/mol. The van der Waals surface area contributed by atoms with E-state index < -0.39 is 10.0 Å². The topological polar surface area (TPSA) is 71.5 Å². The number of anilines is 1. The minimum Gasteiger partial charge on any atom is -0.380 e. The third kappa shape index (κ3) is 4.13. The molecule has 0 saturated heterocycles. The number of sulfonamides is 1. The van der Waals surface area contributed by atoms with Crippen LogP contribution in [0.15, 0.2) is 21.6 Å². The van der Waals surface area contributed by atoms with Crippen LogP contribution in [0.2, 0.25) is 0 Å². The molecule has 1 rings (SSSR count). The van der Waals surface area contributed by atoms with Gasteiger partial charge in [-0.05, 0) is 28.9 Å². The van der Waals surface area contributed by atoms with Crippen molar-refractivity contribution in [2.45, 2.75) is 11.8 Å². The highest BCUT2D eigenvalue weighted by Gasteiger charge is 2.24. The minimum atomic E-state index is -3.59. The van der Waals surface area contributed by atoms with Gasteiger partial charge >= 0.3 is 0 Å². The third-order valence-electron chi connectivity index (χ3n) is 2.50. The van der Waals surface area contributed by atoms with Gasteiger partial charge in [0.05, 0.1) is 6.61 Å². The van der Waals surface area contributed by atoms with E-state index in [4.69, 9.17) is 4.74 Å². The molecule has 1 aromatic heterocycles. The number of nitrogens with one attached hydrogen (secondary N) is 1. The molecular formula is C11H18BrN3O3S. The Hall–Kier alpha value is -0.700. The van der Waals surface area contributed by atoms with Crippen LogP contribution in [0, 0.1) is 0 Å². The van der Waals surface area contributed by atoms with Crippen LogP contribution in [0.1, 0.15) is 6.92 Å². The van der Waals surface area contributed by atoms with Gasteiger partial charge < -0.3 is 10.1 Å². The quantitative estimate of drug-likeness (QED) is 0.754. The Morgan fingerprint density at radius 2 is 2.21 bits per heavy atom. The Balaban J connectivity index is 3.02. The van der Waals surface area contributed by atoms with E-state index in [1.54, 1.807) is 13.2 Å². The van der Waals surface area contributed by atoms with Crippen LogP contribution in [0.5, 0.6) is 0 Å². The molecule has 0 bridgehead atoms. The molecule has 0 fully saturated rings. The van der Waals surface area contributed by atoms with Crippen molar-refractivity contribution in [3.63, 3.8) is 0 Å². The molecule has 0 aromatic carbocycles. The molecule has 19 heavy (non-hydrogen) atoms. The van der Waals surface area contributed by atoms with Gasteiger partial charge in [0, 0.05) is 37.9 Å². The fourth-order valence-electron chi connectivity index (χ4n) is 1.43. The molecule has 0 radical (unpaired) electrons. The number of pyridine rings is 1. The van der Waals surface area contributed by atoms with E-state index in [-0.39, 0.29) is 4.90 Å². The number of likely N-dealkylation sites (N-methyl/N-ethyl adjacent to an activating group) is 1. The van der Waals surface area contributed by atoms with E-state index in [0.29, 0.717) is 30.0 Å². The highest BCUT2D eigenvalue weighted by atomic mass is 79.9. The highest BCUT2D eigenvalue weighted by Crippen LogP contribution is 2.24. The van der Waals surface area contributed by atoms with Crippen LogP contribution in [0.4, 0.5) is 5.82 Å².